The zero-order chi connectivity index (χ0) is 19.3. The third kappa shape index (κ3) is 4.49. The molecule has 0 spiro atoms. The fraction of sp³-hybridized carbons (Fsp3) is 0.421. The molecule has 4 rings (SSSR count). The molecule has 1 aliphatic rings. The maximum atomic E-state index is 12.2. The van der Waals surface area contributed by atoms with Crippen molar-refractivity contribution in [2.75, 3.05) is 32.7 Å². The Labute approximate surface area is 163 Å². The van der Waals surface area contributed by atoms with Crippen molar-refractivity contribution in [3.05, 3.63) is 58.9 Å². The summed E-state index contributed by atoms with van der Waals surface area (Å²) in [6.45, 7) is 6.13. The highest BCUT2D eigenvalue weighted by atomic mass is 16.1. The summed E-state index contributed by atoms with van der Waals surface area (Å²) < 4.78 is 1.56. The molecule has 3 aromatic rings. The van der Waals surface area contributed by atoms with Gasteiger partial charge in [-0.1, -0.05) is 0 Å². The highest BCUT2D eigenvalue weighted by molar-refractivity contribution is 5.56. The molecule has 0 atom stereocenters. The van der Waals surface area contributed by atoms with Crippen molar-refractivity contribution in [3.8, 4) is 11.3 Å². The van der Waals surface area contributed by atoms with Gasteiger partial charge >= 0.3 is 0 Å². The number of nitrogens with zero attached hydrogens (tertiary/aromatic N) is 8. The second-order valence-electron chi connectivity index (χ2n) is 6.96. The van der Waals surface area contributed by atoms with Crippen LogP contribution in [0.2, 0.25) is 0 Å². The van der Waals surface area contributed by atoms with Crippen molar-refractivity contribution in [1.82, 2.24) is 39.6 Å². The van der Waals surface area contributed by atoms with Gasteiger partial charge in [-0.25, -0.2) is 4.68 Å². The number of hydrogen-bond donors (Lipinski definition) is 0. The summed E-state index contributed by atoms with van der Waals surface area (Å²) in [5.74, 6) is 0. The Morgan fingerprint density at radius 2 is 1.68 bits per heavy atom. The van der Waals surface area contributed by atoms with Gasteiger partial charge in [0.1, 0.15) is 0 Å². The van der Waals surface area contributed by atoms with Crippen LogP contribution < -0.4 is 5.56 Å². The van der Waals surface area contributed by atoms with Crippen molar-refractivity contribution >= 4 is 0 Å². The second-order valence-corrected chi connectivity index (χ2v) is 6.96. The number of aromatic nitrogens is 6. The van der Waals surface area contributed by atoms with Crippen LogP contribution in [0.3, 0.4) is 0 Å². The van der Waals surface area contributed by atoms with Gasteiger partial charge in [0.2, 0.25) is 0 Å². The predicted molar refractivity (Wildman–Crippen MR) is 104 cm³/mol. The van der Waals surface area contributed by atoms with Crippen molar-refractivity contribution in [3.63, 3.8) is 0 Å². The van der Waals surface area contributed by atoms with Gasteiger partial charge in [0.25, 0.3) is 5.56 Å². The Bertz CT molecular complexity index is 959. The van der Waals surface area contributed by atoms with E-state index >= 15 is 0 Å². The van der Waals surface area contributed by atoms with E-state index in [1.165, 1.54) is 0 Å². The van der Waals surface area contributed by atoms with E-state index in [0.29, 0.717) is 6.54 Å². The van der Waals surface area contributed by atoms with E-state index in [4.69, 9.17) is 0 Å². The van der Waals surface area contributed by atoms with Gasteiger partial charge in [-0.2, -0.15) is 20.1 Å². The largest absolute Gasteiger partial charge is 0.299 e. The zero-order valence-electron chi connectivity index (χ0n) is 16.0. The monoisotopic (exact) mass is 380 g/mol. The fourth-order valence-corrected chi connectivity index (χ4v) is 3.38. The lowest BCUT2D eigenvalue weighted by molar-refractivity contribution is 0.121. The third-order valence-corrected chi connectivity index (χ3v) is 4.97. The number of hydrogen-bond acceptors (Lipinski definition) is 7. The molecule has 0 aliphatic carbocycles. The minimum Gasteiger partial charge on any atom is -0.299 e. The zero-order valence-corrected chi connectivity index (χ0v) is 16.0. The quantitative estimate of drug-likeness (QED) is 0.606. The SMILES string of the molecule is Cn1ncc(CN2CCN(CCn3nc(-c4ccncc4)ccc3=O)CC2)n1. The van der Waals surface area contributed by atoms with Crippen LogP contribution in [0.15, 0.2) is 47.7 Å². The summed E-state index contributed by atoms with van der Waals surface area (Å²) in [6.07, 6.45) is 5.28. The summed E-state index contributed by atoms with van der Waals surface area (Å²) in [5, 5.41) is 13.0. The average molecular weight is 380 g/mol. The first kappa shape index (κ1) is 18.5. The smallest absolute Gasteiger partial charge is 0.266 e. The molecule has 0 N–H and O–H groups in total. The van der Waals surface area contributed by atoms with E-state index < -0.39 is 0 Å². The molecule has 0 bridgehead atoms. The van der Waals surface area contributed by atoms with Crippen molar-refractivity contribution in [2.24, 2.45) is 7.05 Å². The summed E-state index contributed by atoms with van der Waals surface area (Å²) >= 11 is 0. The van der Waals surface area contributed by atoms with Gasteiger partial charge in [0.05, 0.1) is 24.1 Å². The van der Waals surface area contributed by atoms with Crippen LogP contribution in [-0.4, -0.2) is 72.3 Å². The van der Waals surface area contributed by atoms with Crippen LogP contribution in [-0.2, 0) is 20.1 Å². The highest BCUT2D eigenvalue weighted by Gasteiger charge is 2.18. The van der Waals surface area contributed by atoms with E-state index in [2.05, 4.69) is 30.1 Å². The molecule has 28 heavy (non-hydrogen) atoms. The van der Waals surface area contributed by atoms with E-state index in [1.54, 1.807) is 34.0 Å². The number of aryl methyl sites for hydroxylation is 1. The summed E-state index contributed by atoms with van der Waals surface area (Å²) in [4.78, 5) is 22.6. The van der Waals surface area contributed by atoms with Crippen LogP contribution in [0.25, 0.3) is 11.3 Å². The maximum Gasteiger partial charge on any atom is 0.266 e. The molecule has 0 amide bonds. The Hall–Kier alpha value is -2.91. The molecule has 0 radical (unpaired) electrons. The molecule has 3 aromatic heterocycles. The topological polar surface area (TPSA) is 85.0 Å². The molecule has 146 valence electrons. The molecular formula is C19H24N8O. The molecule has 0 saturated carbocycles. The van der Waals surface area contributed by atoms with Gasteiger partial charge in [0.15, 0.2) is 0 Å². The van der Waals surface area contributed by atoms with Gasteiger partial charge < -0.3 is 0 Å². The van der Waals surface area contributed by atoms with Gasteiger partial charge in [-0.3, -0.25) is 19.6 Å². The molecule has 0 aromatic carbocycles. The Morgan fingerprint density at radius 3 is 2.39 bits per heavy atom. The van der Waals surface area contributed by atoms with Crippen molar-refractivity contribution < 1.29 is 0 Å². The van der Waals surface area contributed by atoms with Crippen LogP contribution in [0.4, 0.5) is 0 Å². The second kappa shape index (κ2) is 8.41. The van der Waals surface area contributed by atoms with Gasteiger partial charge in [-0.15, -0.1) is 0 Å². The standard InChI is InChI=1S/C19H24N8O/c1-24-21-14-17(22-24)15-26-10-8-25(9-11-26)12-13-27-19(28)3-2-18(23-27)16-4-6-20-7-5-16/h2-7,14H,8-13,15H2,1H3. The first-order valence-corrected chi connectivity index (χ1v) is 9.46. The van der Waals surface area contributed by atoms with Crippen LogP contribution in [0.1, 0.15) is 5.69 Å². The Kier molecular flexibility index (Phi) is 5.54. The number of piperazine rings is 1. The molecule has 0 unspecified atom stereocenters. The number of rotatable bonds is 6. The van der Waals surface area contributed by atoms with E-state index in [-0.39, 0.29) is 5.56 Å². The first-order chi connectivity index (χ1) is 13.7. The molecule has 1 aliphatic heterocycles. The van der Waals surface area contributed by atoms with Crippen LogP contribution in [0, 0.1) is 0 Å². The summed E-state index contributed by atoms with van der Waals surface area (Å²) in [7, 11) is 1.83. The highest BCUT2D eigenvalue weighted by Crippen LogP contribution is 2.13. The predicted octanol–water partition coefficient (Wildman–Crippen LogP) is 0.252. The molecule has 9 heteroatoms. The number of pyridine rings is 1. The van der Waals surface area contributed by atoms with Crippen molar-refractivity contribution in [2.45, 2.75) is 13.1 Å². The first-order valence-electron chi connectivity index (χ1n) is 9.46. The average Bonchev–Trinajstić information content (AvgIpc) is 3.14. The molecular weight excluding hydrogens is 356 g/mol. The lowest BCUT2D eigenvalue weighted by atomic mass is 10.2. The molecule has 4 heterocycles. The minimum absolute atomic E-state index is 0.0703. The third-order valence-electron chi connectivity index (χ3n) is 4.97. The van der Waals surface area contributed by atoms with E-state index in [1.807, 2.05) is 25.4 Å². The normalized spacial score (nSPS) is 15.8. The lowest BCUT2D eigenvalue weighted by Crippen LogP contribution is -2.47. The van der Waals surface area contributed by atoms with E-state index in [9.17, 15) is 4.79 Å². The van der Waals surface area contributed by atoms with Gasteiger partial charge in [0, 0.05) is 70.3 Å². The Balaban J connectivity index is 1.31. The molecule has 1 saturated heterocycles. The summed E-state index contributed by atoms with van der Waals surface area (Å²) in [6, 6.07) is 7.14. The Morgan fingerprint density at radius 1 is 0.929 bits per heavy atom. The van der Waals surface area contributed by atoms with E-state index in [0.717, 1.165) is 56.2 Å². The van der Waals surface area contributed by atoms with Crippen LogP contribution >= 0.6 is 0 Å². The summed E-state index contributed by atoms with van der Waals surface area (Å²) in [5.41, 5.74) is 2.68. The van der Waals surface area contributed by atoms with Gasteiger partial charge in [-0.05, 0) is 18.2 Å². The lowest BCUT2D eigenvalue weighted by Gasteiger charge is -2.34. The fourth-order valence-electron chi connectivity index (χ4n) is 3.38. The van der Waals surface area contributed by atoms with Crippen molar-refractivity contribution in [1.29, 1.82) is 0 Å². The van der Waals surface area contributed by atoms with Crippen LogP contribution in [0.5, 0.6) is 0 Å². The maximum absolute atomic E-state index is 12.2. The molecule has 1 fully saturated rings. The molecule has 9 nitrogen and oxygen atoms in total. The minimum atomic E-state index is -0.0703.